The summed E-state index contributed by atoms with van der Waals surface area (Å²) < 4.78 is 70.5. The first-order valence-electron chi connectivity index (χ1n) is 8.33. The fourth-order valence-corrected chi connectivity index (χ4v) is 3.84. The summed E-state index contributed by atoms with van der Waals surface area (Å²) in [4.78, 5) is 12.9. The number of aromatic nitrogens is 1. The number of halogens is 3. The van der Waals surface area contributed by atoms with Gasteiger partial charge in [0.25, 0.3) is 0 Å². The smallest absolute Gasteiger partial charge is 0.360 e. The van der Waals surface area contributed by atoms with Crippen molar-refractivity contribution in [2.24, 2.45) is 0 Å². The van der Waals surface area contributed by atoms with E-state index < -0.39 is 33.2 Å². The van der Waals surface area contributed by atoms with Crippen LogP contribution < -0.4 is 4.72 Å². The molecule has 146 valence electrons. The minimum atomic E-state index is -4.68. The van der Waals surface area contributed by atoms with E-state index in [0.717, 1.165) is 25.0 Å². The number of anilines is 1. The Hall–Kier alpha value is -2.36. The zero-order valence-electron chi connectivity index (χ0n) is 14.3. The average molecular weight is 402 g/mol. The van der Waals surface area contributed by atoms with E-state index in [4.69, 9.17) is 4.52 Å². The van der Waals surface area contributed by atoms with E-state index in [2.05, 4.69) is 9.88 Å². The van der Waals surface area contributed by atoms with Crippen LogP contribution in [0.3, 0.4) is 0 Å². The standard InChI is InChI=1S/C17H17F3N2O4S/c1-2-7-27(24,25)22-14-8-11(17(18,19)20)5-6-12(14)15(23)13-9-21-26-16(13)10-3-4-10/h5-6,8-10,22H,2-4,7H2,1H3. The van der Waals surface area contributed by atoms with Gasteiger partial charge in [0.2, 0.25) is 10.0 Å². The summed E-state index contributed by atoms with van der Waals surface area (Å²) in [5, 5.41) is 3.61. The summed E-state index contributed by atoms with van der Waals surface area (Å²) in [7, 11) is -3.89. The van der Waals surface area contributed by atoms with Crippen LogP contribution in [0.5, 0.6) is 0 Å². The highest BCUT2D eigenvalue weighted by atomic mass is 32.2. The van der Waals surface area contributed by atoms with Crippen molar-refractivity contribution in [1.29, 1.82) is 0 Å². The van der Waals surface area contributed by atoms with Crippen LogP contribution in [0, 0.1) is 0 Å². The van der Waals surface area contributed by atoms with Gasteiger partial charge in [-0.3, -0.25) is 9.52 Å². The number of hydrogen-bond donors (Lipinski definition) is 1. The van der Waals surface area contributed by atoms with Gasteiger partial charge < -0.3 is 4.52 Å². The normalized spacial score (nSPS) is 15.0. The van der Waals surface area contributed by atoms with Crippen LogP contribution in [0.15, 0.2) is 28.9 Å². The topological polar surface area (TPSA) is 89.3 Å². The molecular weight excluding hydrogens is 385 g/mol. The number of carbonyl (C=O) groups is 1. The molecule has 1 aliphatic carbocycles. The molecule has 27 heavy (non-hydrogen) atoms. The van der Waals surface area contributed by atoms with Gasteiger partial charge >= 0.3 is 6.18 Å². The Morgan fingerprint density at radius 2 is 2.00 bits per heavy atom. The quantitative estimate of drug-likeness (QED) is 0.709. The number of hydrogen-bond acceptors (Lipinski definition) is 5. The molecule has 0 saturated heterocycles. The first-order valence-corrected chi connectivity index (χ1v) is 9.98. The molecule has 0 spiro atoms. The number of benzene rings is 1. The first-order chi connectivity index (χ1) is 12.6. The molecule has 1 aromatic heterocycles. The monoisotopic (exact) mass is 402 g/mol. The number of sulfonamides is 1. The molecule has 3 rings (SSSR count). The summed E-state index contributed by atoms with van der Waals surface area (Å²) in [5.74, 6) is -0.484. The number of alkyl halides is 3. The van der Waals surface area contributed by atoms with Crippen LogP contribution in [0.1, 0.15) is 59.3 Å². The molecule has 0 bridgehead atoms. The maximum atomic E-state index is 13.0. The van der Waals surface area contributed by atoms with Crippen molar-refractivity contribution in [3.63, 3.8) is 0 Å². The van der Waals surface area contributed by atoms with E-state index in [-0.39, 0.29) is 29.2 Å². The number of rotatable bonds is 7. The van der Waals surface area contributed by atoms with Crippen LogP contribution in [0.25, 0.3) is 0 Å². The number of nitrogens with zero attached hydrogens (tertiary/aromatic N) is 1. The average Bonchev–Trinajstić information content (AvgIpc) is 3.29. The van der Waals surface area contributed by atoms with Crippen LogP contribution >= 0.6 is 0 Å². The summed E-state index contributed by atoms with van der Waals surface area (Å²) in [6.07, 6.45) is -1.53. The van der Waals surface area contributed by atoms with Gasteiger partial charge in [0, 0.05) is 11.5 Å². The Kier molecular flexibility index (Phi) is 5.02. The van der Waals surface area contributed by atoms with Gasteiger partial charge in [-0.1, -0.05) is 12.1 Å². The van der Waals surface area contributed by atoms with E-state index >= 15 is 0 Å². The van der Waals surface area contributed by atoms with Crippen molar-refractivity contribution in [1.82, 2.24) is 5.16 Å². The third-order valence-corrected chi connectivity index (χ3v) is 5.60. The minimum Gasteiger partial charge on any atom is -0.360 e. The Labute approximate surface area is 153 Å². The molecule has 1 heterocycles. The molecule has 2 aromatic rings. The molecule has 0 atom stereocenters. The second-order valence-electron chi connectivity index (χ2n) is 6.39. The maximum absolute atomic E-state index is 13.0. The summed E-state index contributed by atoms with van der Waals surface area (Å²) in [6, 6.07) is 2.35. The molecule has 0 radical (unpaired) electrons. The summed E-state index contributed by atoms with van der Waals surface area (Å²) in [6.45, 7) is 1.62. The summed E-state index contributed by atoms with van der Waals surface area (Å²) in [5.41, 5.74) is -1.52. The van der Waals surface area contributed by atoms with Crippen LogP contribution in [0.4, 0.5) is 18.9 Å². The predicted molar refractivity (Wildman–Crippen MR) is 91.1 cm³/mol. The molecule has 1 aromatic carbocycles. The molecule has 1 N–H and O–H groups in total. The Balaban J connectivity index is 2.05. The zero-order chi connectivity index (χ0) is 19.8. The highest BCUT2D eigenvalue weighted by molar-refractivity contribution is 7.92. The van der Waals surface area contributed by atoms with Gasteiger partial charge in [-0.05, 0) is 37.5 Å². The lowest BCUT2D eigenvalue weighted by molar-refractivity contribution is -0.137. The van der Waals surface area contributed by atoms with E-state index in [9.17, 15) is 26.4 Å². The van der Waals surface area contributed by atoms with Crippen LogP contribution in [-0.2, 0) is 16.2 Å². The zero-order valence-corrected chi connectivity index (χ0v) is 15.2. The third kappa shape index (κ3) is 4.32. The lowest BCUT2D eigenvalue weighted by Gasteiger charge is -2.15. The van der Waals surface area contributed by atoms with Crippen molar-refractivity contribution in [3.05, 3.63) is 46.8 Å². The van der Waals surface area contributed by atoms with Gasteiger partial charge in [-0.2, -0.15) is 13.2 Å². The van der Waals surface area contributed by atoms with E-state index in [0.29, 0.717) is 11.8 Å². The third-order valence-electron chi connectivity index (χ3n) is 4.12. The van der Waals surface area contributed by atoms with Crippen molar-refractivity contribution in [3.8, 4) is 0 Å². The largest absolute Gasteiger partial charge is 0.416 e. The van der Waals surface area contributed by atoms with Crippen molar-refractivity contribution < 1.29 is 30.9 Å². The van der Waals surface area contributed by atoms with Crippen molar-refractivity contribution in [2.75, 3.05) is 10.5 Å². The maximum Gasteiger partial charge on any atom is 0.416 e. The Morgan fingerprint density at radius 3 is 2.59 bits per heavy atom. The lowest BCUT2D eigenvalue weighted by Crippen LogP contribution is -2.19. The van der Waals surface area contributed by atoms with Crippen molar-refractivity contribution >= 4 is 21.5 Å². The van der Waals surface area contributed by atoms with Gasteiger partial charge in [0.05, 0.1) is 28.8 Å². The Bertz CT molecular complexity index is 963. The number of nitrogens with one attached hydrogen (secondary N) is 1. The fraction of sp³-hybridized carbons (Fsp3) is 0.412. The van der Waals surface area contributed by atoms with Crippen LogP contribution in [-0.4, -0.2) is 25.1 Å². The fourth-order valence-electron chi connectivity index (χ4n) is 2.69. The van der Waals surface area contributed by atoms with Gasteiger partial charge in [-0.15, -0.1) is 0 Å². The molecule has 1 saturated carbocycles. The first kappa shape index (κ1) is 19.4. The predicted octanol–water partition coefficient (Wildman–Crippen LogP) is 3.95. The SMILES string of the molecule is CCCS(=O)(=O)Nc1cc(C(F)(F)F)ccc1C(=O)c1cnoc1C1CC1. The molecule has 6 nitrogen and oxygen atoms in total. The summed E-state index contributed by atoms with van der Waals surface area (Å²) >= 11 is 0. The van der Waals surface area contributed by atoms with Gasteiger partial charge in [-0.25, -0.2) is 8.42 Å². The number of carbonyl (C=O) groups excluding carboxylic acids is 1. The highest BCUT2D eigenvalue weighted by Crippen LogP contribution is 2.42. The molecular formula is C17H17F3N2O4S. The Morgan fingerprint density at radius 1 is 1.30 bits per heavy atom. The van der Waals surface area contributed by atoms with Crippen molar-refractivity contribution in [2.45, 2.75) is 38.3 Å². The second kappa shape index (κ2) is 6.99. The lowest BCUT2D eigenvalue weighted by atomic mass is 9.99. The molecule has 1 aliphatic rings. The molecule has 10 heteroatoms. The molecule has 0 amide bonds. The highest BCUT2D eigenvalue weighted by Gasteiger charge is 2.35. The van der Waals surface area contributed by atoms with Gasteiger partial charge in [0.1, 0.15) is 0 Å². The van der Waals surface area contributed by atoms with Crippen LogP contribution in [0.2, 0.25) is 0 Å². The molecule has 0 aliphatic heterocycles. The molecule has 0 unspecified atom stereocenters. The number of ketones is 1. The minimum absolute atomic E-state index is 0.0566. The van der Waals surface area contributed by atoms with E-state index in [1.54, 1.807) is 6.92 Å². The second-order valence-corrected chi connectivity index (χ2v) is 8.23. The van der Waals surface area contributed by atoms with E-state index in [1.807, 2.05) is 0 Å². The van der Waals surface area contributed by atoms with Gasteiger partial charge in [0.15, 0.2) is 11.5 Å². The van der Waals surface area contributed by atoms with E-state index in [1.165, 1.54) is 6.20 Å². The molecule has 1 fully saturated rings.